The van der Waals surface area contributed by atoms with Crippen molar-refractivity contribution in [2.75, 3.05) is 46.0 Å². The fourth-order valence-electron chi connectivity index (χ4n) is 4.18. The van der Waals surface area contributed by atoms with Crippen LogP contribution in [0.1, 0.15) is 11.6 Å². The molecule has 0 aliphatic carbocycles. The number of aliphatic hydroxyl groups is 1. The normalized spacial score (nSPS) is 19.2. The zero-order chi connectivity index (χ0) is 22.3. The molecule has 32 heavy (non-hydrogen) atoms. The van der Waals surface area contributed by atoms with E-state index in [1.165, 1.54) is 16.6 Å². The lowest BCUT2D eigenvalue weighted by Gasteiger charge is -2.25. The number of carbonyl (C=O) groups excluding carboxylic acids is 1. The minimum absolute atomic E-state index is 0.0475. The second-order valence-electron chi connectivity index (χ2n) is 7.84. The first kappa shape index (κ1) is 20.9. The molecule has 1 atom stereocenters. The van der Waals surface area contributed by atoms with E-state index < -0.39 is 15.9 Å². The molecule has 10 nitrogen and oxygen atoms in total. The summed E-state index contributed by atoms with van der Waals surface area (Å²) >= 11 is 0. The number of fused-ring (bicyclic) bond motifs is 1. The number of sulfonamides is 1. The van der Waals surface area contributed by atoms with Crippen LogP contribution < -0.4 is 9.47 Å². The third-order valence-electron chi connectivity index (χ3n) is 5.85. The molecule has 1 amide bonds. The van der Waals surface area contributed by atoms with Gasteiger partial charge in [0.15, 0.2) is 5.75 Å². The number of rotatable bonds is 5. The van der Waals surface area contributed by atoms with Crippen molar-refractivity contribution < 1.29 is 27.8 Å². The highest BCUT2D eigenvalue weighted by atomic mass is 32.2. The molecule has 168 valence electrons. The lowest BCUT2D eigenvalue weighted by molar-refractivity contribution is -0.132. The molecule has 3 aliphatic heterocycles. The van der Waals surface area contributed by atoms with Crippen LogP contribution in [0.15, 0.2) is 52.7 Å². The number of pyridine rings is 2. The predicted octanol–water partition coefficient (Wildman–Crippen LogP) is 0.167. The van der Waals surface area contributed by atoms with E-state index in [2.05, 4.69) is 9.97 Å². The Kier molecular flexibility index (Phi) is 5.31. The standard InChI is InChI=1S/C21H22N4O6S/c26-13-17(18-3-1-2-4-22-18)21(27)24-9-14-11-25(12-15(14)10-24)32(28,29)16-7-19-20(23-8-16)31-6-5-30-19/h1-4,7-8,17,26H,5-6,9-13H2/t17-/m1/s1. The van der Waals surface area contributed by atoms with Gasteiger partial charge in [0.25, 0.3) is 5.88 Å². The number of carbonyl (C=O) groups is 1. The van der Waals surface area contributed by atoms with Gasteiger partial charge in [0.1, 0.15) is 24.0 Å². The highest BCUT2D eigenvalue weighted by Gasteiger charge is 2.39. The van der Waals surface area contributed by atoms with Crippen LogP contribution in [0.3, 0.4) is 0 Å². The smallest absolute Gasteiger partial charge is 0.257 e. The van der Waals surface area contributed by atoms with Crippen molar-refractivity contribution in [3.05, 3.63) is 53.5 Å². The zero-order valence-corrected chi connectivity index (χ0v) is 18.0. The molecule has 0 unspecified atom stereocenters. The number of hydrogen-bond acceptors (Lipinski definition) is 8. The first-order valence-corrected chi connectivity index (χ1v) is 11.7. The van der Waals surface area contributed by atoms with E-state index in [4.69, 9.17) is 9.47 Å². The molecular weight excluding hydrogens is 436 g/mol. The molecule has 0 saturated carbocycles. The molecule has 3 aliphatic rings. The van der Waals surface area contributed by atoms with Gasteiger partial charge in [-0.1, -0.05) is 6.07 Å². The summed E-state index contributed by atoms with van der Waals surface area (Å²) in [6.45, 7) is 1.48. The number of hydrogen-bond donors (Lipinski definition) is 1. The third-order valence-corrected chi connectivity index (χ3v) is 7.60. The van der Waals surface area contributed by atoms with Gasteiger partial charge in [-0.2, -0.15) is 4.31 Å². The average molecular weight is 458 g/mol. The summed E-state index contributed by atoms with van der Waals surface area (Å²) in [4.78, 5) is 22.9. The van der Waals surface area contributed by atoms with Crippen LogP contribution in [0.2, 0.25) is 0 Å². The predicted molar refractivity (Wildman–Crippen MR) is 112 cm³/mol. The molecule has 5 heterocycles. The van der Waals surface area contributed by atoms with Crippen LogP contribution in [0.4, 0.5) is 0 Å². The van der Waals surface area contributed by atoms with Gasteiger partial charge in [0, 0.05) is 38.4 Å². The molecule has 0 spiro atoms. The fraction of sp³-hybridized carbons (Fsp3) is 0.381. The van der Waals surface area contributed by atoms with Gasteiger partial charge >= 0.3 is 0 Å². The first-order valence-electron chi connectivity index (χ1n) is 10.2. The molecular formula is C21H22N4O6S. The van der Waals surface area contributed by atoms with E-state index in [1.807, 2.05) is 0 Å². The number of nitrogens with zero attached hydrogens (tertiary/aromatic N) is 4. The lowest BCUT2D eigenvalue weighted by atomic mass is 10.0. The van der Waals surface area contributed by atoms with E-state index in [0.717, 1.165) is 11.1 Å². The Labute approximate surface area is 185 Å². The Morgan fingerprint density at radius 2 is 1.84 bits per heavy atom. The summed E-state index contributed by atoms with van der Waals surface area (Å²) in [5.41, 5.74) is 2.33. The quantitative estimate of drug-likeness (QED) is 0.629. The van der Waals surface area contributed by atoms with Crippen LogP contribution in [0, 0.1) is 0 Å². The summed E-state index contributed by atoms with van der Waals surface area (Å²) < 4.78 is 38.5. The van der Waals surface area contributed by atoms with Gasteiger partial charge in [-0.05, 0) is 23.3 Å². The van der Waals surface area contributed by atoms with Crippen LogP contribution in [-0.2, 0) is 14.8 Å². The Morgan fingerprint density at radius 3 is 2.53 bits per heavy atom. The van der Waals surface area contributed by atoms with E-state index >= 15 is 0 Å². The Hall–Kier alpha value is -3.02. The maximum absolute atomic E-state index is 13.1. The van der Waals surface area contributed by atoms with Gasteiger partial charge in [-0.25, -0.2) is 13.4 Å². The molecule has 2 aromatic heterocycles. The van der Waals surface area contributed by atoms with Crippen LogP contribution >= 0.6 is 0 Å². The van der Waals surface area contributed by atoms with E-state index in [9.17, 15) is 18.3 Å². The Bertz CT molecular complexity index is 1170. The van der Waals surface area contributed by atoms with Crippen LogP contribution in [0.25, 0.3) is 0 Å². The van der Waals surface area contributed by atoms with Gasteiger partial charge in [0.2, 0.25) is 15.9 Å². The SMILES string of the molecule is O=C([C@H](CO)c1ccccn1)N1CC2=C(C1)CN(S(=O)(=O)c1cnc3c(c1)OCCO3)C2. The number of ether oxygens (including phenoxy) is 2. The van der Waals surface area contributed by atoms with Crippen molar-refractivity contribution in [1.82, 2.24) is 19.2 Å². The van der Waals surface area contributed by atoms with Gasteiger partial charge in [-0.15, -0.1) is 0 Å². The number of amides is 1. The lowest BCUT2D eigenvalue weighted by Crippen LogP contribution is -2.39. The summed E-state index contributed by atoms with van der Waals surface area (Å²) in [5.74, 6) is -0.345. The molecule has 5 rings (SSSR count). The van der Waals surface area contributed by atoms with E-state index in [-0.39, 0.29) is 36.4 Å². The number of aromatic nitrogens is 2. The number of aliphatic hydroxyl groups excluding tert-OH is 1. The summed E-state index contributed by atoms with van der Waals surface area (Å²) in [7, 11) is -3.78. The van der Waals surface area contributed by atoms with E-state index in [1.54, 1.807) is 29.3 Å². The second-order valence-corrected chi connectivity index (χ2v) is 9.77. The maximum atomic E-state index is 13.1. The summed E-state index contributed by atoms with van der Waals surface area (Å²) in [6, 6.07) is 6.68. The molecule has 0 saturated heterocycles. The maximum Gasteiger partial charge on any atom is 0.257 e. The van der Waals surface area contributed by atoms with Crippen molar-refractivity contribution >= 4 is 15.9 Å². The van der Waals surface area contributed by atoms with Gasteiger partial charge in [-0.3, -0.25) is 9.78 Å². The monoisotopic (exact) mass is 458 g/mol. The second kappa shape index (κ2) is 8.15. The van der Waals surface area contributed by atoms with Crippen LogP contribution in [0.5, 0.6) is 11.6 Å². The fourth-order valence-corrected chi connectivity index (χ4v) is 5.57. The molecule has 1 N–H and O–H groups in total. The van der Waals surface area contributed by atoms with Gasteiger partial charge < -0.3 is 19.5 Å². The highest BCUT2D eigenvalue weighted by molar-refractivity contribution is 7.89. The molecule has 0 fully saturated rings. The Balaban J connectivity index is 1.27. The summed E-state index contributed by atoms with van der Waals surface area (Å²) in [6.07, 6.45) is 2.86. The molecule has 0 radical (unpaired) electrons. The van der Waals surface area contributed by atoms with Crippen molar-refractivity contribution in [1.29, 1.82) is 0 Å². The molecule has 11 heteroatoms. The zero-order valence-electron chi connectivity index (χ0n) is 17.2. The molecule has 0 aromatic carbocycles. The van der Waals surface area contributed by atoms with E-state index in [0.29, 0.717) is 37.7 Å². The topological polar surface area (TPSA) is 122 Å². The Morgan fingerprint density at radius 1 is 1.09 bits per heavy atom. The third kappa shape index (κ3) is 3.61. The minimum atomic E-state index is -3.78. The first-order chi connectivity index (χ1) is 15.5. The van der Waals surface area contributed by atoms with Gasteiger partial charge in [0.05, 0.1) is 18.5 Å². The summed E-state index contributed by atoms with van der Waals surface area (Å²) in [5, 5.41) is 9.76. The molecule has 0 bridgehead atoms. The van der Waals surface area contributed by atoms with Crippen LogP contribution in [-0.4, -0.2) is 84.6 Å². The highest BCUT2D eigenvalue weighted by Crippen LogP contribution is 2.34. The minimum Gasteiger partial charge on any atom is -0.484 e. The van der Waals surface area contributed by atoms with Crippen molar-refractivity contribution in [2.45, 2.75) is 10.8 Å². The van der Waals surface area contributed by atoms with Crippen molar-refractivity contribution in [3.8, 4) is 11.6 Å². The largest absolute Gasteiger partial charge is 0.484 e. The average Bonchev–Trinajstić information content (AvgIpc) is 3.40. The van der Waals surface area contributed by atoms with Crippen molar-refractivity contribution in [2.24, 2.45) is 0 Å². The molecule has 2 aromatic rings. The van der Waals surface area contributed by atoms with Crippen molar-refractivity contribution in [3.63, 3.8) is 0 Å².